The molecule has 0 spiro atoms. The second-order valence-electron chi connectivity index (χ2n) is 19.0. The van der Waals surface area contributed by atoms with Crippen molar-refractivity contribution in [3.63, 3.8) is 0 Å². The molecule has 0 radical (unpaired) electrons. The summed E-state index contributed by atoms with van der Waals surface area (Å²) in [7, 11) is 0. The molecule has 0 aliphatic carbocycles. The molecule has 64 heavy (non-hydrogen) atoms. The number of ether oxygens (including phenoxy) is 2. The standard InChI is InChI=1S/C55H103NO8/c1-3-5-7-9-11-13-14-15-16-17-18-19-20-21-22-23-24-25-26-27-28-29-30-31-32-33-34-35-36-37-39-41-43-45-51(59)56-48(49(58)44-42-40-38-12-10-8-6-4-2)47-63-55-54(62)53(61)52(60)50(46-57)64-55/h14-15,17-18,42,44,48-50,52-55,57-58,60-62H,3-13,16,19-41,43,45-47H2,1-2H3,(H,56,59)/b15-14-,18-17-,44-42+. The number of nitrogens with one attached hydrogen (secondary N) is 1. The minimum Gasteiger partial charge on any atom is -0.394 e. The van der Waals surface area contributed by atoms with Crippen LogP contribution >= 0.6 is 0 Å². The van der Waals surface area contributed by atoms with Gasteiger partial charge in [0.05, 0.1) is 25.4 Å². The summed E-state index contributed by atoms with van der Waals surface area (Å²) in [5.74, 6) is -0.177. The van der Waals surface area contributed by atoms with Crippen LogP contribution in [0.5, 0.6) is 0 Å². The number of hydrogen-bond acceptors (Lipinski definition) is 8. The van der Waals surface area contributed by atoms with E-state index < -0.39 is 49.5 Å². The molecular formula is C55H103NO8. The summed E-state index contributed by atoms with van der Waals surface area (Å²) in [6.07, 6.45) is 51.0. The summed E-state index contributed by atoms with van der Waals surface area (Å²) in [5.41, 5.74) is 0. The fraction of sp³-hybridized carbons (Fsp3) is 0.873. The molecule has 0 aromatic carbocycles. The number of rotatable bonds is 46. The van der Waals surface area contributed by atoms with Crippen molar-refractivity contribution < 1.29 is 39.8 Å². The number of aliphatic hydroxyl groups is 5. The molecule has 1 saturated heterocycles. The van der Waals surface area contributed by atoms with Crippen LogP contribution < -0.4 is 5.32 Å². The Bertz CT molecular complexity index is 1100. The molecule has 0 aromatic rings. The van der Waals surface area contributed by atoms with Gasteiger partial charge in [0.25, 0.3) is 0 Å². The van der Waals surface area contributed by atoms with Crippen LogP contribution in [0.25, 0.3) is 0 Å². The lowest BCUT2D eigenvalue weighted by atomic mass is 9.99. The molecule has 376 valence electrons. The summed E-state index contributed by atoms with van der Waals surface area (Å²) in [5, 5.41) is 54.1. The summed E-state index contributed by atoms with van der Waals surface area (Å²) in [6, 6.07) is -0.800. The van der Waals surface area contributed by atoms with Gasteiger partial charge in [0, 0.05) is 6.42 Å². The molecule has 1 rings (SSSR count). The maximum absolute atomic E-state index is 12.9. The monoisotopic (exact) mass is 906 g/mol. The fourth-order valence-electron chi connectivity index (χ4n) is 8.60. The SMILES string of the molecule is CCCCCCC/C=C\C/C=C\CCCCCCCCCCCCCCCCCCCCCCCC(=O)NC(COC1OC(CO)C(O)C(O)C1O)C(O)/C=C/CCCCCCCC. The minimum atomic E-state index is -1.56. The number of aliphatic hydroxyl groups excluding tert-OH is 5. The Kier molecular flexibility index (Phi) is 42.7. The smallest absolute Gasteiger partial charge is 0.220 e. The molecule has 1 aliphatic heterocycles. The number of allylic oxidation sites excluding steroid dienone is 5. The molecule has 9 heteroatoms. The van der Waals surface area contributed by atoms with E-state index in [9.17, 15) is 30.3 Å². The number of amides is 1. The Morgan fingerprint density at radius 1 is 0.531 bits per heavy atom. The van der Waals surface area contributed by atoms with E-state index in [2.05, 4.69) is 43.5 Å². The van der Waals surface area contributed by atoms with Gasteiger partial charge in [0.15, 0.2) is 6.29 Å². The van der Waals surface area contributed by atoms with Crippen LogP contribution in [-0.2, 0) is 14.3 Å². The quantitative estimate of drug-likeness (QED) is 0.0261. The van der Waals surface area contributed by atoms with Crippen molar-refractivity contribution in [3.8, 4) is 0 Å². The van der Waals surface area contributed by atoms with Crippen LogP contribution in [-0.4, -0.2) is 87.5 Å². The van der Waals surface area contributed by atoms with Crippen LogP contribution in [0.4, 0.5) is 0 Å². The average molecular weight is 906 g/mol. The van der Waals surface area contributed by atoms with Crippen LogP contribution in [0, 0.1) is 0 Å². The highest BCUT2D eigenvalue weighted by Crippen LogP contribution is 2.23. The van der Waals surface area contributed by atoms with Crippen LogP contribution in [0.3, 0.4) is 0 Å². The lowest BCUT2D eigenvalue weighted by Gasteiger charge is -2.40. The largest absolute Gasteiger partial charge is 0.394 e. The Morgan fingerprint density at radius 3 is 1.34 bits per heavy atom. The van der Waals surface area contributed by atoms with Gasteiger partial charge in [-0.2, -0.15) is 0 Å². The highest BCUT2D eigenvalue weighted by atomic mass is 16.7. The summed E-state index contributed by atoms with van der Waals surface area (Å²) in [6.45, 7) is 3.73. The predicted octanol–water partition coefficient (Wildman–Crippen LogP) is 12.8. The van der Waals surface area contributed by atoms with E-state index in [0.29, 0.717) is 6.42 Å². The van der Waals surface area contributed by atoms with Crippen LogP contribution in [0.15, 0.2) is 36.5 Å². The van der Waals surface area contributed by atoms with Crippen LogP contribution in [0.2, 0.25) is 0 Å². The Hall–Kier alpha value is -1.59. The van der Waals surface area contributed by atoms with E-state index >= 15 is 0 Å². The molecule has 1 heterocycles. The average Bonchev–Trinajstić information content (AvgIpc) is 3.29. The topological polar surface area (TPSA) is 149 Å². The van der Waals surface area contributed by atoms with E-state index in [1.807, 2.05) is 6.08 Å². The second kappa shape index (κ2) is 45.2. The van der Waals surface area contributed by atoms with E-state index in [-0.39, 0.29) is 12.5 Å². The molecular weight excluding hydrogens is 803 g/mol. The van der Waals surface area contributed by atoms with E-state index in [1.54, 1.807) is 6.08 Å². The van der Waals surface area contributed by atoms with Crippen LogP contribution in [0.1, 0.15) is 251 Å². The molecule has 1 fully saturated rings. The predicted molar refractivity (Wildman–Crippen MR) is 267 cm³/mol. The van der Waals surface area contributed by atoms with Gasteiger partial charge in [-0.05, 0) is 51.4 Å². The molecule has 7 unspecified atom stereocenters. The summed E-state index contributed by atoms with van der Waals surface area (Å²) < 4.78 is 11.2. The van der Waals surface area contributed by atoms with Crippen molar-refractivity contribution in [3.05, 3.63) is 36.5 Å². The number of unbranched alkanes of at least 4 members (excludes halogenated alkanes) is 32. The van der Waals surface area contributed by atoms with Gasteiger partial charge >= 0.3 is 0 Å². The highest BCUT2D eigenvalue weighted by molar-refractivity contribution is 5.76. The zero-order valence-corrected chi connectivity index (χ0v) is 41.5. The van der Waals surface area contributed by atoms with Crippen molar-refractivity contribution >= 4 is 5.91 Å². The van der Waals surface area contributed by atoms with Gasteiger partial charge in [-0.25, -0.2) is 0 Å². The van der Waals surface area contributed by atoms with E-state index in [0.717, 1.165) is 44.9 Å². The Labute approximate surface area is 393 Å². The molecule has 1 aliphatic rings. The van der Waals surface area contributed by atoms with Crippen molar-refractivity contribution in [1.29, 1.82) is 0 Å². The third-order valence-electron chi connectivity index (χ3n) is 13.0. The molecule has 1 amide bonds. The van der Waals surface area contributed by atoms with Gasteiger partial charge in [-0.3, -0.25) is 4.79 Å². The van der Waals surface area contributed by atoms with Gasteiger partial charge in [0.1, 0.15) is 24.4 Å². The first-order chi connectivity index (χ1) is 31.3. The van der Waals surface area contributed by atoms with Crippen molar-refractivity contribution in [2.24, 2.45) is 0 Å². The van der Waals surface area contributed by atoms with Gasteiger partial charge in [-0.1, -0.05) is 230 Å². The molecule has 0 saturated carbocycles. The maximum Gasteiger partial charge on any atom is 0.220 e. The fourth-order valence-corrected chi connectivity index (χ4v) is 8.60. The molecule has 6 N–H and O–H groups in total. The molecule has 0 aromatic heterocycles. The zero-order valence-electron chi connectivity index (χ0n) is 41.5. The third-order valence-corrected chi connectivity index (χ3v) is 13.0. The van der Waals surface area contributed by atoms with E-state index in [4.69, 9.17) is 9.47 Å². The highest BCUT2D eigenvalue weighted by Gasteiger charge is 2.44. The third kappa shape index (κ3) is 34.7. The Morgan fingerprint density at radius 2 is 0.922 bits per heavy atom. The first-order valence-electron chi connectivity index (χ1n) is 27.2. The minimum absolute atomic E-state index is 0.177. The van der Waals surface area contributed by atoms with Gasteiger partial charge in [0.2, 0.25) is 5.91 Å². The Balaban J connectivity index is 2.05. The van der Waals surface area contributed by atoms with Crippen molar-refractivity contribution in [1.82, 2.24) is 5.32 Å². The van der Waals surface area contributed by atoms with Crippen molar-refractivity contribution in [2.45, 2.75) is 294 Å². The second-order valence-corrected chi connectivity index (χ2v) is 19.0. The first kappa shape index (κ1) is 60.4. The van der Waals surface area contributed by atoms with E-state index in [1.165, 1.54) is 186 Å². The molecule has 9 nitrogen and oxygen atoms in total. The lowest BCUT2D eigenvalue weighted by molar-refractivity contribution is -0.302. The number of carbonyl (C=O) groups excluding carboxylic acids is 1. The summed E-state index contributed by atoms with van der Waals surface area (Å²) in [4.78, 5) is 12.9. The van der Waals surface area contributed by atoms with Gasteiger partial charge in [-0.15, -0.1) is 0 Å². The number of hydrogen-bond donors (Lipinski definition) is 6. The van der Waals surface area contributed by atoms with Gasteiger partial charge < -0.3 is 40.3 Å². The zero-order chi connectivity index (χ0) is 46.6. The maximum atomic E-state index is 12.9. The number of carbonyl (C=O) groups is 1. The molecule has 7 atom stereocenters. The van der Waals surface area contributed by atoms with Crippen molar-refractivity contribution in [2.75, 3.05) is 13.2 Å². The lowest BCUT2D eigenvalue weighted by Crippen LogP contribution is -2.60. The summed E-state index contributed by atoms with van der Waals surface area (Å²) >= 11 is 0. The normalized spacial score (nSPS) is 20.3. The first-order valence-corrected chi connectivity index (χ1v) is 27.2. The molecule has 0 bridgehead atoms.